The van der Waals surface area contributed by atoms with E-state index in [2.05, 4.69) is 5.32 Å². The Morgan fingerprint density at radius 1 is 1.42 bits per heavy atom. The van der Waals surface area contributed by atoms with Gasteiger partial charge in [-0.2, -0.15) is 0 Å². The normalized spacial score (nSPS) is 14.8. The second-order valence-corrected chi connectivity index (χ2v) is 4.65. The molecule has 1 aromatic carbocycles. The summed E-state index contributed by atoms with van der Waals surface area (Å²) in [5, 5.41) is 12.3. The quantitative estimate of drug-likeness (QED) is 0.854. The van der Waals surface area contributed by atoms with E-state index in [1.807, 2.05) is 13.0 Å². The van der Waals surface area contributed by atoms with Crippen molar-refractivity contribution in [2.75, 3.05) is 23.3 Å². The monoisotopic (exact) mass is 262 g/mol. The van der Waals surface area contributed by atoms with Crippen LogP contribution in [0.4, 0.5) is 11.4 Å². The number of benzene rings is 1. The third-order valence-electron chi connectivity index (χ3n) is 3.13. The molecule has 1 aromatic rings. The van der Waals surface area contributed by atoms with Crippen LogP contribution in [0.15, 0.2) is 18.2 Å². The molecule has 2 N–H and O–H groups in total. The zero-order chi connectivity index (χ0) is 13.8. The van der Waals surface area contributed by atoms with Crippen LogP contribution in [0.1, 0.15) is 36.5 Å². The van der Waals surface area contributed by atoms with E-state index in [0.717, 1.165) is 25.1 Å². The van der Waals surface area contributed by atoms with Gasteiger partial charge in [0.1, 0.15) is 0 Å². The molecule has 0 bridgehead atoms. The smallest absolute Gasteiger partial charge is 0.335 e. The van der Waals surface area contributed by atoms with Crippen molar-refractivity contribution < 1.29 is 14.7 Å². The van der Waals surface area contributed by atoms with Crippen LogP contribution in [-0.2, 0) is 4.79 Å². The third-order valence-corrected chi connectivity index (χ3v) is 3.13. The van der Waals surface area contributed by atoms with E-state index < -0.39 is 5.97 Å². The number of nitrogens with zero attached hydrogens (tertiary/aromatic N) is 1. The van der Waals surface area contributed by atoms with E-state index in [1.165, 1.54) is 0 Å². The maximum Gasteiger partial charge on any atom is 0.335 e. The first-order valence-electron chi connectivity index (χ1n) is 6.54. The lowest BCUT2D eigenvalue weighted by molar-refractivity contribution is -0.117. The molecular weight excluding hydrogens is 244 g/mol. The number of carboxylic acids is 1. The van der Waals surface area contributed by atoms with E-state index in [9.17, 15) is 9.59 Å². The Balaban J connectivity index is 2.33. The number of nitrogens with one attached hydrogen (secondary N) is 1. The van der Waals surface area contributed by atoms with Crippen molar-refractivity contribution in [3.8, 4) is 0 Å². The number of hydrogen-bond acceptors (Lipinski definition) is 3. The summed E-state index contributed by atoms with van der Waals surface area (Å²) in [6, 6.07) is 5.00. The lowest BCUT2D eigenvalue weighted by Crippen LogP contribution is -2.24. The summed E-state index contributed by atoms with van der Waals surface area (Å²) in [4.78, 5) is 24.5. The zero-order valence-electron chi connectivity index (χ0n) is 11.0. The summed E-state index contributed by atoms with van der Waals surface area (Å²) in [5.74, 6) is -0.919. The van der Waals surface area contributed by atoms with Gasteiger partial charge in [-0.1, -0.05) is 6.92 Å². The Labute approximate surface area is 112 Å². The predicted molar refractivity (Wildman–Crippen MR) is 73.8 cm³/mol. The second-order valence-electron chi connectivity index (χ2n) is 4.65. The Hall–Kier alpha value is -2.04. The molecule has 1 fully saturated rings. The summed E-state index contributed by atoms with van der Waals surface area (Å²) in [6.07, 6.45) is 2.32. The van der Waals surface area contributed by atoms with Crippen molar-refractivity contribution >= 4 is 23.3 Å². The Bertz CT molecular complexity index is 499. The molecule has 19 heavy (non-hydrogen) atoms. The van der Waals surface area contributed by atoms with Crippen LogP contribution in [0.5, 0.6) is 0 Å². The van der Waals surface area contributed by atoms with E-state index in [-0.39, 0.29) is 11.5 Å². The van der Waals surface area contributed by atoms with Crippen LogP contribution in [0, 0.1) is 0 Å². The van der Waals surface area contributed by atoms with Gasteiger partial charge in [0.25, 0.3) is 0 Å². The van der Waals surface area contributed by atoms with Crippen molar-refractivity contribution in [2.45, 2.75) is 26.2 Å². The minimum absolute atomic E-state index is 0.0592. The van der Waals surface area contributed by atoms with Crippen LogP contribution >= 0.6 is 0 Å². The topological polar surface area (TPSA) is 69.6 Å². The molecule has 1 aliphatic heterocycles. The van der Waals surface area contributed by atoms with Crippen LogP contribution in [0.2, 0.25) is 0 Å². The summed E-state index contributed by atoms with van der Waals surface area (Å²) < 4.78 is 0. The predicted octanol–water partition coefficient (Wildman–Crippen LogP) is 2.33. The highest BCUT2D eigenvalue weighted by Gasteiger charge is 2.23. The maximum absolute atomic E-state index is 11.7. The highest BCUT2D eigenvalue weighted by Crippen LogP contribution is 2.26. The molecule has 0 spiro atoms. The summed E-state index contributed by atoms with van der Waals surface area (Å²) in [5.41, 5.74) is 1.62. The molecule has 0 radical (unpaired) electrons. The molecule has 5 nitrogen and oxygen atoms in total. The van der Waals surface area contributed by atoms with Gasteiger partial charge >= 0.3 is 5.97 Å². The maximum atomic E-state index is 11.7. The van der Waals surface area contributed by atoms with Gasteiger partial charge < -0.3 is 15.3 Å². The molecule has 2 rings (SSSR count). The number of carboxylic acid groups (broad SMARTS) is 1. The zero-order valence-corrected chi connectivity index (χ0v) is 11.0. The average molecular weight is 262 g/mol. The number of anilines is 2. The number of carbonyl (C=O) groups excluding carboxylic acids is 1. The van der Waals surface area contributed by atoms with Crippen LogP contribution in [0.3, 0.4) is 0 Å². The van der Waals surface area contributed by atoms with E-state index >= 15 is 0 Å². The largest absolute Gasteiger partial charge is 0.478 e. The number of hydrogen-bond donors (Lipinski definition) is 2. The highest BCUT2D eigenvalue weighted by molar-refractivity contribution is 5.98. The number of amides is 1. The molecule has 1 amide bonds. The Morgan fingerprint density at radius 2 is 2.21 bits per heavy atom. The van der Waals surface area contributed by atoms with Gasteiger partial charge in [-0.15, -0.1) is 0 Å². The van der Waals surface area contributed by atoms with Gasteiger partial charge in [0.05, 0.1) is 5.56 Å². The SMILES string of the molecule is CCCNc1cc(C(=O)O)cc(N2CCCC2=O)c1. The molecular formula is C14H18N2O3. The van der Waals surface area contributed by atoms with Gasteiger partial charge in [0.15, 0.2) is 0 Å². The lowest BCUT2D eigenvalue weighted by atomic mass is 10.1. The molecule has 0 atom stereocenters. The van der Waals surface area contributed by atoms with E-state index in [4.69, 9.17) is 5.11 Å². The molecule has 0 aliphatic carbocycles. The van der Waals surface area contributed by atoms with Crippen LogP contribution in [-0.4, -0.2) is 30.1 Å². The first kappa shape index (κ1) is 13.4. The van der Waals surface area contributed by atoms with Crippen LogP contribution in [0.25, 0.3) is 0 Å². The van der Waals surface area contributed by atoms with Gasteiger partial charge in [0.2, 0.25) is 5.91 Å². The molecule has 5 heteroatoms. The molecule has 1 aliphatic rings. The fourth-order valence-corrected chi connectivity index (χ4v) is 2.18. The molecule has 1 heterocycles. The molecule has 0 unspecified atom stereocenters. The molecule has 0 saturated carbocycles. The average Bonchev–Trinajstić information content (AvgIpc) is 2.82. The molecule has 0 aromatic heterocycles. The minimum Gasteiger partial charge on any atom is -0.478 e. The molecule has 1 saturated heterocycles. The minimum atomic E-state index is -0.979. The number of aromatic carboxylic acids is 1. The van der Waals surface area contributed by atoms with E-state index in [0.29, 0.717) is 18.7 Å². The van der Waals surface area contributed by atoms with Gasteiger partial charge in [-0.25, -0.2) is 4.79 Å². The van der Waals surface area contributed by atoms with Gasteiger partial charge in [-0.05, 0) is 31.0 Å². The Morgan fingerprint density at radius 3 is 2.79 bits per heavy atom. The van der Waals surface area contributed by atoms with Crippen molar-refractivity contribution in [3.05, 3.63) is 23.8 Å². The number of rotatable bonds is 5. The number of carbonyl (C=O) groups is 2. The third kappa shape index (κ3) is 3.05. The fraction of sp³-hybridized carbons (Fsp3) is 0.429. The van der Waals surface area contributed by atoms with E-state index in [1.54, 1.807) is 17.0 Å². The van der Waals surface area contributed by atoms with Crippen molar-refractivity contribution in [2.24, 2.45) is 0 Å². The first-order valence-corrected chi connectivity index (χ1v) is 6.54. The molecule has 102 valence electrons. The van der Waals surface area contributed by atoms with Crippen LogP contribution < -0.4 is 10.2 Å². The Kier molecular flexibility index (Phi) is 4.04. The summed E-state index contributed by atoms with van der Waals surface area (Å²) >= 11 is 0. The summed E-state index contributed by atoms with van der Waals surface area (Å²) in [6.45, 7) is 3.48. The highest BCUT2D eigenvalue weighted by atomic mass is 16.4. The standard InChI is InChI=1S/C14H18N2O3/c1-2-5-15-11-7-10(14(18)19)8-12(9-11)16-6-3-4-13(16)17/h7-9,15H,2-6H2,1H3,(H,18,19). The lowest BCUT2D eigenvalue weighted by Gasteiger charge is -2.18. The second kappa shape index (κ2) is 5.73. The fourth-order valence-electron chi connectivity index (χ4n) is 2.18. The van der Waals surface area contributed by atoms with Crippen molar-refractivity contribution in [1.29, 1.82) is 0 Å². The van der Waals surface area contributed by atoms with Gasteiger partial charge in [0, 0.05) is 30.9 Å². The van der Waals surface area contributed by atoms with Crippen molar-refractivity contribution in [3.63, 3.8) is 0 Å². The van der Waals surface area contributed by atoms with Crippen molar-refractivity contribution in [1.82, 2.24) is 0 Å². The summed E-state index contributed by atoms with van der Waals surface area (Å²) in [7, 11) is 0. The first-order chi connectivity index (χ1) is 9.11. The van der Waals surface area contributed by atoms with Gasteiger partial charge in [-0.3, -0.25) is 4.79 Å².